The van der Waals surface area contributed by atoms with Gasteiger partial charge in [-0.2, -0.15) is 0 Å². The van der Waals surface area contributed by atoms with Crippen LogP contribution in [0.2, 0.25) is 0 Å². The van der Waals surface area contributed by atoms with E-state index in [1.165, 1.54) is 31.4 Å². The molecule has 1 saturated carbocycles. The SMILES string of the molecule is COC(C1CCCCC1)C(O)c1cc2cc(F)ccc2o1. The Hall–Kier alpha value is -1.39. The van der Waals surface area contributed by atoms with E-state index in [0.29, 0.717) is 22.6 Å². The van der Waals surface area contributed by atoms with Gasteiger partial charge in [0.05, 0.1) is 6.10 Å². The van der Waals surface area contributed by atoms with Gasteiger partial charge in [0.15, 0.2) is 0 Å². The first-order chi connectivity index (χ1) is 10.2. The van der Waals surface area contributed by atoms with Crippen molar-refractivity contribution in [2.45, 2.75) is 44.3 Å². The fourth-order valence-corrected chi connectivity index (χ4v) is 3.38. The smallest absolute Gasteiger partial charge is 0.138 e. The minimum absolute atomic E-state index is 0.268. The van der Waals surface area contributed by atoms with Gasteiger partial charge in [-0.3, -0.25) is 0 Å². The summed E-state index contributed by atoms with van der Waals surface area (Å²) in [5, 5.41) is 11.3. The Morgan fingerprint density at radius 3 is 2.71 bits per heavy atom. The van der Waals surface area contributed by atoms with Gasteiger partial charge in [0.25, 0.3) is 0 Å². The van der Waals surface area contributed by atoms with E-state index < -0.39 is 6.10 Å². The van der Waals surface area contributed by atoms with E-state index in [2.05, 4.69) is 0 Å². The van der Waals surface area contributed by atoms with Crippen LogP contribution in [0.25, 0.3) is 11.0 Å². The molecule has 3 nitrogen and oxygen atoms in total. The molecule has 0 radical (unpaired) electrons. The molecule has 1 aliphatic carbocycles. The Labute approximate surface area is 123 Å². The van der Waals surface area contributed by atoms with Gasteiger partial charge in [0.2, 0.25) is 0 Å². The summed E-state index contributed by atoms with van der Waals surface area (Å²) >= 11 is 0. The van der Waals surface area contributed by atoms with Crippen LogP contribution in [0.5, 0.6) is 0 Å². The standard InChI is InChI=1S/C17H21FO3/c1-20-17(11-5-3-2-4-6-11)16(19)15-10-12-9-13(18)7-8-14(12)21-15/h7-11,16-17,19H,2-6H2,1H3. The molecule has 4 heteroatoms. The van der Waals surface area contributed by atoms with E-state index in [4.69, 9.17) is 9.15 Å². The van der Waals surface area contributed by atoms with Crippen molar-refractivity contribution >= 4 is 11.0 Å². The van der Waals surface area contributed by atoms with Crippen molar-refractivity contribution in [1.29, 1.82) is 0 Å². The fraction of sp³-hybridized carbons (Fsp3) is 0.529. The number of aliphatic hydroxyl groups is 1. The molecule has 114 valence electrons. The molecule has 1 aromatic heterocycles. The molecular weight excluding hydrogens is 271 g/mol. The molecule has 21 heavy (non-hydrogen) atoms. The van der Waals surface area contributed by atoms with Crippen LogP contribution < -0.4 is 0 Å². The maximum absolute atomic E-state index is 13.2. The zero-order valence-corrected chi connectivity index (χ0v) is 12.2. The van der Waals surface area contributed by atoms with Gasteiger partial charge in [-0.1, -0.05) is 19.3 Å². The van der Waals surface area contributed by atoms with Crippen molar-refractivity contribution in [3.05, 3.63) is 35.8 Å². The lowest BCUT2D eigenvalue weighted by molar-refractivity contribution is -0.0632. The van der Waals surface area contributed by atoms with E-state index in [1.807, 2.05) is 0 Å². The number of aliphatic hydroxyl groups excluding tert-OH is 1. The highest BCUT2D eigenvalue weighted by atomic mass is 19.1. The van der Waals surface area contributed by atoms with E-state index >= 15 is 0 Å². The van der Waals surface area contributed by atoms with Crippen LogP contribution in [-0.4, -0.2) is 18.3 Å². The monoisotopic (exact) mass is 292 g/mol. The van der Waals surface area contributed by atoms with Gasteiger partial charge < -0.3 is 14.3 Å². The summed E-state index contributed by atoms with van der Waals surface area (Å²) in [5.41, 5.74) is 0.587. The molecule has 2 unspecified atom stereocenters. The minimum atomic E-state index is -0.812. The quantitative estimate of drug-likeness (QED) is 0.918. The van der Waals surface area contributed by atoms with Gasteiger partial charge in [-0.15, -0.1) is 0 Å². The molecule has 0 aliphatic heterocycles. The normalized spacial score (nSPS) is 19.8. The molecule has 0 bridgehead atoms. The summed E-state index contributed by atoms with van der Waals surface area (Å²) in [6.07, 6.45) is 4.69. The number of rotatable bonds is 4. The summed E-state index contributed by atoms with van der Waals surface area (Å²) in [7, 11) is 1.63. The Morgan fingerprint density at radius 1 is 1.24 bits per heavy atom. The van der Waals surface area contributed by atoms with E-state index in [-0.39, 0.29) is 11.9 Å². The van der Waals surface area contributed by atoms with E-state index in [0.717, 1.165) is 12.8 Å². The first kappa shape index (κ1) is 14.5. The highest BCUT2D eigenvalue weighted by molar-refractivity contribution is 5.77. The number of methoxy groups -OCH3 is 1. The number of fused-ring (bicyclic) bond motifs is 1. The van der Waals surface area contributed by atoms with Crippen molar-refractivity contribution in [3.63, 3.8) is 0 Å². The lowest BCUT2D eigenvalue weighted by atomic mass is 9.83. The van der Waals surface area contributed by atoms with Crippen molar-refractivity contribution in [1.82, 2.24) is 0 Å². The molecule has 1 N–H and O–H groups in total. The molecule has 0 saturated heterocycles. The van der Waals surface area contributed by atoms with Crippen molar-refractivity contribution < 1.29 is 18.7 Å². The molecule has 2 atom stereocenters. The molecule has 1 aromatic carbocycles. The summed E-state index contributed by atoms with van der Waals surface area (Å²) in [6.45, 7) is 0. The predicted octanol–water partition coefficient (Wildman–Crippen LogP) is 4.20. The van der Waals surface area contributed by atoms with Crippen molar-refractivity contribution in [3.8, 4) is 0 Å². The third-order valence-corrected chi connectivity index (χ3v) is 4.49. The minimum Gasteiger partial charge on any atom is -0.458 e. The van der Waals surface area contributed by atoms with Gasteiger partial charge in [0, 0.05) is 12.5 Å². The van der Waals surface area contributed by atoms with E-state index in [9.17, 15) is 9.50 Å². The van der Waals surface area contributed by atoms with Gasteiger partial charge in [-0.25, -0.2) is 4.39 Å². The number of hydrogen-bond acceptors (Lipinski definition) is 3. The maximum atomic E-state index is 13.2. The average Bonchev–Trinajstić information content (AvgIpc) is 2.92. The van der Waals surface area contributed by atoms with Crippen molar-refractivity contribution in [2.24, 2.45) is 5.92 Å². The lowest BCUT2D eigenvalue weighted by Crippen LogP contribution is -2.31. The Bertz CT molecular complexity index is 601. The number of furan rings is 1. The van der Waals surface area contributed by atoms with Crippen molar-refractivity contribution in [2.75, 3.05) is 7.11 Å². The molecule has 1 heterocycles. The van der Waals surface area contributed by atoms with Crippen LogP contribution in [0.1, 0.15) is 44.0 Å². The lowest BCUT2D eigenvalue weighted by Gasteiger charge is -2.31. The third-order valence-electron chi connectivity index (χ3n) is 4.49. The second-order valence-electron chi connectivity index (χ2n) is 5.87. The summed E-state index contributed by atoms with van der Waals surface area (Å²) in [4.78, 5) is 0. The zero-order valence-electron chi connectivity index (χ0n) is 12.2. The molecule has 0 spiro atoms. The van der Waals surface area contributed by atoms with Crippen LogP contribution in [0, 0.1) is 11.7 Å². The summed E-state index contributed by atoms with van der Waals surface area (Å²) in [6, 6.07) is 6.07. The van der Waals surface area contributed by atoms with Crippen LogP contribution >= 0.6 is 0 Å². The van der Waals surface area contributed by atoms with Crippen LogP contribution in [0.3, 0.4) is 0 Å². The topological polar surface area (TPSA) is 42.6 Å². The highest BCUT2D eigenvalue weighted by Gasteiger charge is 2.32. The Kier molecular flexibility index (Phi) is 4.27. The maximum Gasteiger partial charge on any atom is 0.138 e. The molecule has 2 aromatic rings. The molecule has 0 amide bonds. The second kappa shape index (κ2) is 6.16. The number of halogens is 1. The first-order valence-electron chi connectivity index (χ1n) is 7.59. The number of hydrogen-bond donors (Lipinski definition) is 1. The summed E-state index contributed by atoms with van der Waals surface area (Å²) < 4.78 is 24.4. The fourth-order valence-electron chi connectivity index (χ4n) is 3.38. The predicted molar refractivity (Wildman–Crippen MR) is 78.5 cm³/mol. The number of ether oxygens (including phenoxy) is 1. The third kappa shape index (κ3) is 2.97. The number of benzene rings is 1. The van der Waals surface area contributed by atoms with Crippen LogP contribution in [-0.2, 0) is 4.74 Å². The van der Waals surface area contributed by atoms with Gasteiger partial charge in [-0.05, 0) is 43.0 Å². The second-order valence-corrected chi connectivity index (χ2v) is 5.87. The first-order valence-corrected chi connectivity index (χ1v) is 7.59. The summed E-state index contributed by atoms with van der Waals surface area (Å²) in [5.74, 6) is 0.497. The van der Waals surface area contributed by atoms with Crippen LogP contribution in [0.15, 0.2) is 28.7 Å². The molecular formula is C17H21FO3. The largest absolute Gasteiger partial charge is 0.458 e. The van der Waals surface area contributed by atoms with Crippen LogP contribution in [0.4, 0.5) is 4.39 Å². The molecule has 3 rings (SSSR count). The molecule has 1 fully saturated rings. The van der Waals surface area contributed by atoms with E-state index in [1.54, 1.807) is 19.2 Å². The Balaban J connectivity index is 1.84. The zero-order chi connectivity index (χ0) is 14.8. The Morgan fingerprint density at radius 2 is 2.00 bits per heavy atom. The highest BCUT2D eigenvalue weighted by Crippen LogP contribution is 2.35. The molecule has 1 aliphatic rings. The van der Waals surface area contributed by atoms with Gasteiger partial charge >= 0.3 is 0 Å². The average molecular weight is 292 g/mol. The van der Waals surface area contributed by atoms with Gasteiger partial charge in [0.1, 0.15) is 23.3 Å².